The molecule has 1 aliphatic heterocycles. The number of aliphatic imine (C=N–C) groups is 1. The second-order valence-electron chi connectivity index (χ2n) is 12.0. The summed E-state index contributed by atoms with van der Waals surface area (Å²) < 4.78 is 2.44. The largest absolute Gasteiger partial charge is 0.309 e. The van der Waals surface area contributed by atoms with Crippen molar-refractivity contribution >= 4 is 44.0 Å². The van der Waals surface area contributed by atoms with E-state index < -0.39 is 5.41 Å². The summed E-state index contributed by atoms with van der Waals surface area (Å²) in [5.41, 5.74) is 11.1. The summed E-state index contributed by atoms with van der Waals surface area (Å²) in [7, 11) is 0. The van der Waals surface area contributed by atoms with E-state index in [2.05, 4.69) is 162 Å². The van der Waals surface area contributed by atoms with Gasteiger partial charge in [-0.15, -0.1) is 0 Å². The first-order chi connectivity index (χ1) is 22.2. The highest BCUT2D eigenvalue weighted by atomic mass is 15.0. The lowest BCUT2D eigenvalue weighted by molar-refractivity contribution is 0.797. The standard InChI is InChI=1S/C42H29N3/c1-42(31-15-6-3-7-16-31)39-37(44-41(42)29-12-4-2-5-13-29)25-24-35-34-18-10-11-19-38(34)45(40(35)39)32-22-20-28(21-23-32)36-27-43-26-30-14-8-9-17-33(30)36/h2-27H,1H3. The van der Waals surface area contributed by atoms with Gasteiger partial charge in [-0.1, -0.05) is 121 Å². The lowest BCUT2D eigenvalue weighted by atomic mass is 9.71. The Morgan fingerprint density at radius 1 is 0.556 bits per heavy atom. The molecule has 8 aromatic rings. The molecule has 6 aromatic carbocycles. The number of hydrogen-bond acceptors (Lipinski definition) is 2. The van der Waals surface area contributed by atoms with Crippen molar-refractivity contribution in [2.45, 2.75) is 12.3 Å². The summed E-state index contributed by atoms with van der Waals surface area (Å²) in [6, 6.07) is 52.1. The molecule has 3 heterocycles. The van der Waals surface area contributed by atoms with E-state index in [1.165, 1.54) is 38.3 Å². The minimum absolute atomic E-state index is 0.460. The highest BCUT2D eigenvalue weighted by Crippen LogP contribution is 2.51. The van der Waals surface area contributed by atoms with E-state index in [1.807, 2.05) is 12.4 Å². The highest BCUT2D eigenvalue weighted by Gasteiger charge is 2.44. The Kier molecular flexibility index (Phi) is 5.63. The third kappa shape index (κ3) is 3.77. The predicted octanol–water partition coefficient (Wildman–Crippen LogP) is 10.4. The smallest absolute Gasteiger partial charge is 0.0700 e. The topological polar surface area (TPSA) is 30.2 Å². The molecule has 1 unspecified atom stereocenters. The van der Waals surface area contributed by atoms with Gasteiger partial charge in [-0.25, -0.2) is 0 Å². The number of aromatic nitrogens is 2. The molecule has 0 saturated carbocycles. The first-order valence-electron chi connectivity index (χ1n) is 15.4. The zero-order valence-electron chi connectivity index (χ0n) is 24.9. The maximum Gasteiger partial charge on any atom is 0.0700 e. The summed E-state index contributed by atoms with van der Waals surface area (Å²) in [5, 5.41) is 4.82. The van der Waals surface area contributed by atoms with Crippen LogP contribution in [0.3, 0.4) is 0 Å². The van der Waals surface area contributed by atoms with Gasteiger partial charge in [0.2, 0.25) is 0 Å². The second-order valence-corrected chi connectivity index (χ2v) is 12.0. The van der Waals surface area contributed by atoms with Crippen LogP contribution in [0.4, 0.5) is 5.69 Å². The molecule has 3 heteroatoms. The summed E-state index contributed by atoms with van der Waals surface area (Å²) >= 11 is 0. The molecule has 0 spiro atoms. The van der Waals surface area contributed by atoms with Gasteiger partial charge in [0.25, 0.3) is 0 Å². The average Bonchev–Trinajstić information content (AvgIpc) is 3.61. The summed E-state index contributed by atoms with van der Waals surface area (Å²) in [6.45, 7) is 2.35. The number of hydrogen-bond donors (Lipinski definition) is 0. The Labute approximate surface area is 261 Å². The maximum absolute atomic E-state index is 5.39. The van der Waals surface area contributed by atoms with Crippen molar-refractivity contribution in [1.29, 1.82) is 0 Å². The number of pyridine rings is 1. The van der Waals surface area contributed by atoms with E-state index >= 15 is 0 Å². The molecule has 0 amide bonds. The van der Waals surface area contributed by atoms with Crippen LogP contribution in [0.15, 0.2) is 163 Å². The molecule has 212 valence electrons. The van der Waals surface area contributed by atoms with E-state index in [0.717, 1.165) is 39.2 Å². The molecule has 0 radical (unpaired) electrons. The molecule has 0 fully saturated rings. The van der Waals surface area contributed by atoms with Crippen LogP contribution in [-0.4, -0.2) is 15.3 Å². The first kappa shape index (κ1) is 25.7. The third-order valence-electron chi connectivity index (χ3n) is 9.52. The molecule has 9 rings (SSSR count). The molecule has 0 aliphatic carbocycles. The van der Waals surface area contributed by atoms with Gasteiger partial charge in [-0.3, -0.25) is 9.98 Å². The van der Waals surface area contributed by atoms with Crippen LogP contribution >= 0.6 is 0 Å². The van der Waals surface area contributed by atoms with Gasteiger partial charge < -0.3 is 4.57 Å². The zero-order valence-corrected chi connectivity index (χ0v) is 24.9. The fraction of sp³-hybridized carbons (Fsp3) is 0.0476. The Bertz CT molecular complexity index is 2410. The quantitative estimate of drug-likeness (QED) is 0.205. The SMILES string of the molecule is CC1(c2ccccc2)C(c2ccccc2)=Nc2ccc3c4ccccc4n(-c4ccc(-c5cncc6ccccc56)cc4)c3c21. The predicted molar refractivity (Wildman–Crippen MR) is 187 cm³/mol. The van der Waals surface area contributed by atoms with Crippen LogP contribution in [0.1, 0.15) is 23.6 Å². The molecule has 45 heavy (non-hydrogen) atoms. The molecular weight excluding hydrogens is 546 g/mol. The van der Waals surface area contributed by atoms with Crippen LogP contribution in [0.2, 0.25) is 0 Å². The molecule has 0 bridgehead atoms. The van der Waals surface area contributed by atoms with Crippen LogP contribution in [0, 0.1) is 0 Å². The van der Waals surface area contributed by atoms with Crippen molar-refractivity contribution < 1.29 is 0 Å². The van der Waals surface area contributed by atoms with Gasteiger partial charge >= 0.3 is 0 Å². The summed E-state index contributed by atoms with van der Waals surface area (Å²) in [5.74, 6) is 0. The van der Waals surface area contributed by atoms with Crippen molar-refractivity contribution in [2.24, 2.45) is 4.99 Å². The average molecular weight is 576 g/mol. The number of benzene rings is 6. The van der Waals surface area contributed by atoms with Crippen LogP contribution in [0.25, 0.3) is 49.4 Å². The maximum atomic E-state index is 5.39. The van der Waals surface area contributed by atoms with Crippen LogP contribution < -0.4 is 0 Å². The number of fused-ring (bicyclic) bond motifs is 6. The highest BCUT2D eigenvalue weighted by molar-refractivity contribution is 6.20. The Balaban J connectivity index is 1.32. The fourth-order valence-corrected chi connectivity index (χ4v) is 7.39. The van der Waals surface area contributed by atoms with Crippen molar-refractivity contribution in [3.05, 3.63) is 175 Å². The Hall–Kier alpha value is -5.80. The van der Waals surface area contributed by atoms with Crippen molar-refractivity contribution in [2.75, 3.05) is 0 Å². The Morgan fingerprint density at radius 3 is 2.04 bits per heavy atom. The molecule has 0 N–H and O–H groups in total. The van der Waals surface area contributed by atoms with Gasteiger partial charge in [-0.05, 0) is 53.3 Å². The molecular formula is C42H29N3. The third-order valence-corrected chi connectivity index (χ3v) is 9.52. The monoisotopic (exact) mass is 575 g/mol. The second kappa shape index (κ2) is 9.87. The van der Waals surface area contributed by atoms with Gasteiger partial charge in [-0.2, -0.15) is 0 Å². The van der Waals surface area contributed by atoms with Gasteiger partial charge in [0.15, 0.2) is 0 Å². The Morgan fingerprint density at radius 2 is 1.24 bits per heavy atom. The molecule has 0 saturated heterocycles. The molecule has 3 nitrogen and oxygen atoms in total. The van der Waals surface area contributed by atoms with E-state index in [4.69, 9.17) is 4.99 Å². The molecule has 1 aliphatic rings. The van der Waals surface area contributed by atoms with E-state index in [-0.39, 0.29) is 0 Å². The van der Waals surface area contributed by atoms with E-state index in [1.54, 1.807) is 0 Å². The minimum atomic E-state index is -0.460. The van der Waals surface area contributed by atoms with Crippen molar-refractivity contribution in [3.8, 4) is 16.8 Å². The van der Waals surface area contributed by atoms with Gasteiger partial charge in [0.05, 0.1) is 27.8 Å². The number of nitrogens with zero attached hydrogens (tertiary/aromatic N) is 3. The molecule has 2 aromatic heterocycles. The zero-order chi connectivity index (χ0) is 30.0. The number of rotatable bonds is 4. The summed E-state index contributed by atoms with van der Waals surface area (Å²) in [4.78, 5) is 9.93. The van der Waals surface area contributed by atoms with E-state index in [9.17, 15) is 0 Å². The normalized spacial score (nSPS) is 15.9. The van der Waals surface area contributed by atoms with Crippen LogP contribution in [0.5, 0.6) is 0 Å². The van der Waals surface area contributed by atoms with Crippen molar-refractivity contribution in [3.63, 3.8) is 0 Å². The minimum Gasteiger partial charge on any atom is -0.309 e. The van der Waals surface area contributed by atoms with Crippen LogP contribution in [-0.2, 0) is 5.41 Å². The number of para-hydroxylation sites is 1. The van der Waals surface area contributed by atoms with Crippen molar-refractivity contribution in [1.82, 2.24) is 9.55 Å². The lowest BCUT2D eigenvalue weighted by Crippen LogP contribution is -2.32. The van der Waals surface area contributed by atoms with Gasteiger partial charge in [0.1, 0.15) is 0 Å². The summed E-state index contributed by atoms with van der Waals surface area (Å²) in [6.07, 6.45) is 3.90. The fourth-order valence-electron chi connectivity index (χ4n) is 7.39. The van der Waals surface area contributed by atoms with E-state index in [0.29, 0.717) is 0 Å². The molecule has 1 atom stereocenters. The van der Waals surface area contributed by atoms with Gasteiger partial charge in [0, 0.05) is 45.4 Å². The first-order valence-corrected chi connectivity index (χ1v) is 15.4. The lowest BCUT2D eigenvalue weighted by Gasteiger charge is -2.30.